The van der Waals surface area contributed by atoms with E-state index in [0.717, 1.165) is 10.0 Å². The average Bonchev–Trinajstić information content (AvgIpc) is 3.29. The van der Waals surface area contributed by atoms with E-state index in [9.17, 15) is 13.6 Å². The molecule has 1 aromatic heterocycles. The number of carbonyl (C=O) groups is 1. The van der Waals surface area contributed by atoms with Crippen molar-refractivity contribution in [2.75, 3.05) is 5.32 Å². The molecule has 156 valence electrons. The molecule has 30 heavy (non-hydrogen) atoms. The molecular weight excluding hydrogens is 456 g/mol. The summed E-state index contributed by atoms with van der Waals surface area (Å²) in [5.74, 6) is -3.66. The normalized spacial score (nSPS) is 18.9. The van der Waals surface area contributed by atoms with Crippen LogP contribution in [0.15, 0.2) is 53.0 Å². The molecule has 3 aromatic rings. The Balaban J connectivity index is 1.61. The van der Waals surface area contributed by atoms with Gasteiger partial charge in [-0.3, -0.25) is 4.79 Å². The van der Waals surface area contributed by atoms with Crippen LogP contribution in [-0.2, 0) is 11.8 Å². The van der Waals surface area contributed by atoms with Crippen molar-refractivity contribution in [2.45, 2.75) is 31.1 Å². The van der Waals surface area contributed by atoms with Crippen molar-refractivity contribution < 1.29 is 13.6 Å². The lowest BCUT2D eigenvalue weighted by Crippen LogP contribution is -2.27. The Morgan fingerprint density at radius 3 is 2.47 bits per heavy atom. The van der Waals surface area contributed by atoms with Gasteiger partial charge in [-0.05, 0) is 47.4 Å². The van der Waals surface area contributed by atoms with Crippen LogP contribution >= 0.6 is 15.9 Å². The summed E-state index contributed by atoms with van der Waals surface area (Å²) < 4.78 is 28.8. The summed E-state index contributed by atoms with van der Waals surface area (Å²) >= 11 is 3.36. The quantitative estimate of drug-likeness (QED) is 0.575. The molecule has 0 radical (unpaired) electrons. The molecule has 0 spiro atoms. The van der Waals surface area contributed by atoms with Gasteiger partial charge in [0.1, 0.15) is 0 Å². The SMILES string of the molecule is Cn1nnc(-c2ccc(C(C(=O)Nc3ccc(Br)cc3)C3CCC(F)(F)C3)cc2)n1. The van der Waals surface area contributed by atoms with Gasteiger partial charge < -0.3 is 5.32 Å². The number of amides is 1. The van der Waals surface area contributed by atoms with Gasteiger partial charge in [-0.2, -0.15) is 4.80 Å². The summed E-state index contributed by atoms with van der Waals surface area (Å²) in [6.45, 7) is 0. The van der Waals surface area contributed by atoms with E-state index in [1.165, 1.54) is 4.80 Å². The minimum Gasteiger partial charge on any atom is -0.326 e. The molecule has 1 heterocycles. The number of alkyl halides is 2. The number of anilines is 1. The minimum absolute atomic E-state index is 0.193. The highest BCUT2D eigenvalue weighted by Gasteiger charge is 2.45. The Labute approximate surface area is 180 Å². The Morgan fingerprint density at radius 1 is 1.20 bits per heavy atom. The van der Waals surface area contributed by atoms with Crippen molar-refractivity contribution >= 4 is 27.5 Å². The predicted octanol–water partition coefficient (Wildman–Crippen LogP) is 4.80. The van der Waals surface area contributed by atoms with E-state index in [1.807, 2.05) is 12.1 Å². The van der Waals surface area contributed by atoms with Crippen LogP contribution in [0.4, 0.5) is 14.5 Å². The van der Waals surface area contributed by atoms with Crippen LogP contribution in [0.1, 0.15) is 30.7 Å². The fraction of sp³-hybridized carbons (Fsp3) is 0.333. The average molecular weight is 476 g/mol. The lowest BCUT2D eigenvalue weighted by Gasteiger charge is -2.23. The smallest absolute Gasteiger partial charge is 0.248 e. The Morgan fingerprint density at radius 2 is 1.90 bits per heavy atom. The molecule has 9 heteroatoms. The number of carbonyl (C=O) groups excluding carboxylic acids is 1. The maximum Gasteiger partial charge on any atom is 0.248 e. The molecule has 0 aliphatic heterocycles. The zero-order chi connectivity index (χ0) is 21.3. The Kier molecular flexibility index (Phi) is 5.64. The van der Waals surface area contributed by atoms with Crippen LogP contribution in [0.3, 0.4) is 0 Å². The van der Waals surface area contributed by atoms with Gasteiger partial charge in [0.05, 0.1) is 13.0 Å². The van der Waals surface area contributed by atoms with Crippen molar-refractivity contribution in [1.29, 1.82) is 0 Å². The predicted molar refractivity (Wildman–Crippen MR) is 112 cm³/mol. The van der Waals surface area contributed by atoms with Gasteiger partial charge in [-0.15, -0.1) is 10.2 Å². The second kappa shape index (κ2) is 8.22. The summed E-state index contributed by atoms with van der Waals surface area (Å²) in [5, 5.41) is 14.8. The first-order chi connectivity index (χ1) is 14.3. The summed E-state index contributed by atoms with van der Waals surface area (Å²) in [7, 11) is 1.67. The minimum atomic E-state index is -2.73. The number of benzene rings is 2. The maximum absolute atomic E-state index is 13.9. The number of hydrogen-bond acceptors (Lipinski definition) is 4. The largest absolute Gasteiger partial charge is 0.326 e. The molecule has 1 N–H and O–H groups in total. The van der Waals surface area contributed by atoms with Gasteiger partial charge in [0, 0.05) is 28.6 Å². The standard InChI is InChI=1S/C21H20BrF2N5O/c1-29-27-19(26-28-29)14-4-2-13(3-5-14)18(15-10-11-21(23,24)12-15)20(30)25-17-8-6-16(22)7-9-17/h2-9,15,18H,10-12H2,1H3,(H,25,30). The van der Waals surface area contributed by atoms with E-state index < -0.39 is 17.8 Å². The molecule has 0 bridgehead atoms. The topological polar surface area (TPSA) is 72.7 Å². The van der Waals surface area contributed by atoms with Crippen molar-refractivity contribution in [3.05, 3.63) is 58.6 Å². The van der Waals surface area contributed by atoms with E-state index in [2.05, 4.69) is 36.7 Å². The number of nitrogens with zero attached hydrogens (tertiary/aromatic N) is 4. The van der Waals surface area contributed by atoms with E-state index in [1.54, 1.807) is 43.4 Å². The fourth-order valence-electron chi connectivity index (χ4n) is 3.90. The van der Waals surface area contributed by atoms with Crippen molar-refractivity contribution in [3.8, 4) is 11.4 Å². The van der Waals surface area contributed by atoms with Crippen molar-refractivity contribution in [3.63, 3.8) is 0 Å². The lowest BCUT2D eigenvalue weighted by atomic mass is 9.83. The second-order valence-electron chi connectivity index (χ2n) is 7.56. The number of rotatable bonds is 5. The summed E-state index contributed by atoms with van der Waals surface area (Å²) in [4.78, 5) is 14.5. The number of hydrogen-bond donors (Lipinski definition) is 1. The fourth-order valence-corrected chi connectivity index (χ4v) is 4.16. The van der Waals surface area contributed by atoms with Crippen LogP contribution in [0.5, 0.6) is 0 Å². The number of tetrazole rings is 1. The lowest BCUT2D eigenvalue weighted by molar-refractivity contribution is -0.118. The Hall–Kier alpha value is -2.68. The molecule has 2 aromatic carbocycles. The highest BCUT2D eigenvalue weighted by atomic mass is 79.9. The first kappa shape index (κ1) is 20.6. The molecule has 0 saturated heterocycles. The van der Waals surface area contributed by atoms with Crippen LogP contribution in [0.2, 0.25) is 0 Å². The number of aryl methyl sites for hydroxylation is 1. The van der Waals surface area contributed by atoms with Crippen molar-refractivity contribution in [2.24, 2.45) is 13.0 Å². The molecule has 1 aliphatic carbocycles. The Bertz CT molecular complexity index is 1040. The molecule has 6 nitrogen and oxygen atoms in total. The van der Waals surface area contributed by atoms with Crippen LogP contribution in [0.25, 0.3) is 11.4 Å². The third-order valence-electron chi connectivity index (χ3n) is 5.34. The molecule has 2 atom stereocenters. The number of aromatic nitrogens is 4. The third kappa shape index (κ3) is 4.56. The van der Waals surface area contributed by atoms with E-state index in [-0.39, 0.29) is 18.7 Å². The van der Waals surface area contributed by atoms with Gasteiger partial charge in [0.2, 0.25) is 17.7 Å². The molecule has 1 saturated carbocycles. The zero-order valence-corrected chi connectivity index (χ0v) is 17.8. The van der Waals surface area contributed by atoms with Crippen molar-refractivity contribution in [1.82, 2.24) is 20.2 Å². The second-order valence-corrected chi connectivity index (χ2v) is 8.47. The molecule has 1 fully saturated rings. The van der Waals surface area contributed by atoms with Gasteiger partial charge in [-0.25, -0.2) is 8.78 Å². The third-order valence-corrected chi connectivity index (χ3v) is 5.87. The first-order valence-corrected chi connectivity index (χ1v) is 10.4. The summed E-state index contributed by atoms with van der Waals surface area (Å²) in [6.07, 6.45) is -0.181. The highest BCUT2D eigenvalue weighted by Crippen LogP contribution is 2.46. The zero-order valence-electron chi connectivity index (χ0n) is 16.2. The summed E-state index contributed by atoms with van der Waals surface area (Å²) in [6, 6.07) is 14.3. The molecule has 2 unspecified atom stereocenters. The van der Waals surface area contributed by atoms with E-state index >= 15 is 0 Å². The maximum atomic E-state index is 13.9. The van der Waals surface area contributed by atoms with Gasteiger partial charge in [-0.1, -0.05) is 40.2 Å². The van der Waals surface area contributed by atoms with Crippen LogP contribution in [-0.4, -0.2) is 32.0 Å². The van der Waals surface area contributed by atoms with Gasteiger partial charge in [0.15, 0.2) is 0 Å². The van der Waals surface area contributed by atoms with Crippen LogP contribution < -0.4 is 5.32 Å². The first-order valence-electron chi connectivity index (χ1n) is 9.59. The number of halogens is 3. The molecule has 4 rings (SSSR count). The van der Waals surface area contributed by atoms with E-state index in [0.29, 0.717) is 23.5 Å². The van der Waals surface area contributed by atoms with Crippen LogP contribution in [0, 0.1) is 5.92 Å². The highest BCUT2D eigenvalue weighted by molar-refractivity contribution is 9.10. The van der Waals surface area contributed by atoms with Gasteiger partial charge >= 0.3 is 0 Å². The summed E-state index contributed by atoms with van der Waals surface area (Å²) in [5.41, 5.74) is 2.06. The monoisotopic (exact) mass is 475 g/mol. The van der Waals surface area contributed by atoms with E-state index in [4.69, 9.17) is 0 Å². The number of nitrogens with one attached hydrogen (secondary N) is 1. The molecule has 1 amide bonds. The van der Waals surface area contributed by atoms with Gasteiger partial charge in [0.25, 0.3) is 0 Å². The molecule has 1 aliphatic rings. The molecular formula is C21H20BrF2N5O.